The lowest BCUT2D eigenvalue weighted by molar-refractivity contribution is -0.137. The standard InChI is InChI=1S/C13H24O2/c1-2-3-4-5-6-7-8-9-10-11-12-13(14)15/h7-8H,2-6,9-12H2,1H3,(H,14,15)/b8-7-. The van der Waals surface area contributed by atoms with E-state index in [9.17, 15) is 4.79 Å². The molecule has 0 saturated heterocycles. The lowest BCUT2D eigenvalue weighted by Crippen LogP contribution is -1.92. The molecular formula is C13H24O2. The van der Waals surface area contributed by atoms with Gasteiger partial charge in [0.25, 0.3) is 0 Å². The van der Waals surface area contributed by atoms with E-state index in [1.807, 2.05) is 0 Å². The van der Waals surface area contributed by atoms with Gasteiger partial charge in [-0.3, -0.25) is 4.79 Å². The van der Waals surface area contributed by atoms with Crippen molar-refractivity contribution in [3.63, 3.8) is 0 Å². The minimum atomic E-state index is -0.682. The van der Waals surface area contributed by atoms with Crippen LogP contribution in [-0.2, 0) is 4.79 Å². The maximum atomic E-state index is 10.2. The molecule has 0 radical (unpaired) electrons. The molecule has 15 heavy (non-hydrogen) atoms. The van der Waals surface area contributed by atoms with E-state index in [1.54, 1.807) is 0 Å². The molecule has 0 rings (SSSR count). The second-order valence-electron chi connectivity index (χ2n) is 3.96. The third kappa shape index (κ3) is 13.2. The maximum Gasteiger partial charge on any atom is 0.303 e. The first-order valence-electron chi connectivity index (χ1n) is 6.14. The van der Waals surface area contributed by atoms with Crippen LogP contribution in [0.3, 0.4) is 0 Å². The third-order valence-corrected chi connectivity index (χ3v) is 2.40. The number of aliphatic carboxylic acids is 1. The van der Waals surface area contributed by atoms with Crippen LogP contribution in [-0.4, -0.2) is 11.1 Å². The number of carboxylic acids is 1. The van der Waals surface area contributed by atoms with Crippen LogP contribution in [0, 0.1) is 0 Å². The van der Waals surface area contributed by atoms with Crippen molar-refractivity contribution in [1.82, 2.24) is 0 Å². The second-order valence-corrected chi connectivity index (χ2v) is 3.96. The first-order chi connectivity index (χ1) is 7.27. The summed E-state index contributed by atoms with van der Waals surface area (Å²) in [6, 6.07) is 0. The molecule has 88 valence electrons. The van der Waals surface area contributed by atoms with Gasteiger partial charge in [0.2, 0.25) is 0 Å². The fourth-order valence-electron chi connectivity index (χ4n) is 1.46. The van der Waals surface area contributed by atoms with Gasteiger partial charge in [-0.05, 0) is 32.1 Å². The van der Waals surface area contributed by atoms with E-state index in [-0.39, 0.29) is 0 Å². The van der Waals surface area contributed by atoms with Gasteiger partial charge < -0.3 is 5.11 Å². The van der Waals surface area contributed by atoms with Crippen molar-refractivity contribution < 1.29 is 9.90 Å². The molecule has 0 heterocycles. The van der Waals surface area contributed by atoms with Crippen LogP contribution in [0.5, 0.6) is 0 Å². The van der Waals surface area contributed by atoms with Crippen LogP contribution in [0.2, 0.25) is 0 Å². The molecule has 2 nitrogen and oxygen atoms in total. The zero-order valence-electron chi connectivity index (χ0n) is 9.87. The lowest BCUT2D eigenvalue weighted by Gasteiger charge is -1.95. The molecule has 0 aliphatic carbocycles. The van der Waals surface area contributed by atoms with E-state index in [4.69, 9.17) is 5.11 Å². The largest absolute Gasteiger partial charge is 0.481 e. The molecule has 2 heteroatoms. The van der Waals surface area contributed by atoms with Crippen molar-refractivity contribution in [1.29, 1.82) is 0 Å². The van der Waals surface area contributed by atoms with Gasteiger partial charge in [-0.25, -0.2) is 0 Å². The summed E-state index contributed by atoms with van der Waals surface area (Å²) in [5.74, 6) is -0.682. The van der Waals surface area contributed by atoms with E-state index in [2.05, 4.69) is 19.1 Å². The van der Waals surface area contributed by atoms with Crippen LogP contribution in [0.25, 0.3) is 0 Å². The fraction of sp³-hybridized carbons (Fsp3) is 0.769. The molecule has 0 aromatic carbocycles. The molecule has 0 saturated carbocycles. The van der Waals surface area contributed by atoms with Gasteiger partial charge in [-0.15, -0.1) is 0 Å². The van der Waals surface area contributed by atoms with Crippen molar-refractivity contribution in [3.8, 4) is 0 Å². The van der Waals surface area contributed by atoms with E-state index < -0.39 is 5.97 Å². The Morgan fingerprint density at radius 3 is 2.13 bits per heavy atom. The number of hydrogen-bond acceptors (Lipinski definition) is 1. The van der Waals surface area contributed by atoms with Crippen LogP contribution in [0.1, 0.15) is 64.7 Å². The number of unbranched alkanes of at least 4 members (excludes halogenated alkanes) is 6. The summed E-state index contributed by atoms with van der Waals surface area (Å²) >= 11 is 0. The first kappa shape index (κ1) is 14.2. The zero-order chi connectivity index (χ0) is 11.4. The molecule has 0 amide bonds. The summed E-state index contributed by atoms with van der Waals surface area (Å²) in [5.41, 5.74) is 0. The highest BCUT2D eigenvalue weighted by Gasteiger charge is 1.94. The molecule has 0 aromatic rings. The Bertz CT molecular complexity index is 173. The van der Waals surface area contributed by atoms with Crippen molar-refractivity contribution in [3.05, 3.63) is 12.2 Å². The van der Waals surface area contributed by atoms with Crippen LogP contribution in [0.4, 0.5) is 0 Å². The Kier molecular flexibility index (Phi) is 10.7. The van der Waals surface area contributed by atoms with E-state index in [1.165, 1.54) is 32.1 Å². The predicted molar refractivity (Wildman–Crippen MR) is 64.0 cm³/mol. The quantitative estimate of drug-likeness (QED) is 0.436. The highest BCUT2D eigenvalue weighted by molar-refractivity contribution is 5.66. The molecule has 0 spiro atoms. The average molecular weight is 212 g/mol. The van der Waals surface area contributed by atoms with Gasteiger partial charge in [0, 0.05) is 6.42 Å². The molecule has 0 aliphatic rings. The molecular weight excluding hydrogens is 188 g/mol. The smallest absolute Gasteiger partial charge is 0.303 e. The molecule has 0 bridgehead atoms. The highest BCUT2D eigenvalue weighted by atomic mass is 16.4. The van der Waals surface area contributed by atoms with E-state index in [0.717, 1.165) is 19.3 Å². The monoisotopic (exact) mass is 212 g/mol. The topological polar surface area (TPSA) is 37.3 Å². The first-order valence-corrected chi connectivity index (χ1v) is 6.14. The fourth-order valence-corrected chi connectivity index (χ4v) is 1.46. The van der Waals surface area contributed by atoms with Crippen molar-refractivity contribution in [2.75, 3.05) is 0 Å². The van der Waals surface area contributed by atoms with Gasteiger partial charge in [0.05, 0.1) is 0 Å². The van der Waals surface area contributed by atoms with Crippen LogP contribution < -0.4 is 0 Å². The van der Waals surface area contributed by atoms with Crippen LogP contribution in [0.15, 0.2) is 12.2 Å². The van der Waals surface area contributed by atoms with Gasteiger partial charge in [0.15, 0.2) is 0 Å². The minimum Gasteiger partial charge on any atom is -0.481 e. The van der Waals surface area contributed by atoms with Crippen molar-refractivity contribution in [2.24, 2.45) is 0 Å². The number of carboxylic acid groups (broad SMARTS) is 1. The molecule has 0 fully saturated rings. The van der Waals surface area contributed by atoms with Gasteiger partial charge in [0.1, 0.15) is 0 Å². The lowest BCUT2D eigenvalue weighted by atomic mass is 10.1. The van der Waals surface area contributed by atoms with Gasteiger partial charge in [-0.2, -0.15) is 0 Å². The van der Waals surface area contributed by atoms with E-state index in [0.29, 0.717) is 6.42 Å². The summed E-state index contributed by atoms with van der Waals surface area (Å²) in [6.45, 7) is 2.22. The Morgan fingerprint density at radius 2 is 1.60 bits per heavy atom. The second kappa shape index (κ2) is 11.3. The Balaban J connectivity index is 3.07. The van der Waals surface area contributed by atoms with E-state index >= 15 is 0 Å². The Morgan fingerprint density at radius 1 is 1.00 bits per heavy atom. The summed E-state index contributed by atoms with van der Waals surface area (Å²) in [6.07, 6.45) is 14.0. The summed E-state index contributed by atoms with van der Waals surface area (Å²) in [7, 11) is 0. The van der Waals surface area contributed by atoms with Gasteiger partial charge in [-0.1, -0.05) is 38.3 Å². The maximum absolute atomic E-state index is 10.2. The highest BCUT2D eigenvalue weighted by Crippen LogP contribution is 2.05. The number of carbonyl (C=O) groups is 1. The summed E-state index contributed by atoms with van der Waals surface area (Å²) in [4.78, 5) is 10.2. The Hall–Kier alpha value is -0.790. The van der Waals surface area contributed by atoms with Crippen LogP contribution >= 0.6 is 0 Å². The third-order valence-electron chi connectivity index (χ3n) is 2.40. The number of rotatable bonds is 10. The summed E-state index contributed by atoms with van der Waals surface area (Å²) < 4.78 is 0. The Labute approximate surface area is 93.4 Å². The average Bonchev–Trinajstić information content (AvgIpc) is 2.20. The van der Waals surface area contributed by atoms with Crippen molar-refractivity contribution in [2.45, 2.75) is 64.7 Å². The number of hydrogen-bond donors (Lipinski definition) is 1. The molecule has 1 N–H and O–H groups in total. The SMILES string of the molecule is CCCCCC/C=C\CCCCC(=O)O. The number of allylic oxidation sites excluding steroid dienone is 2. The summed E-state index contributed by atoms with van der Waals surface area (Å²) in [5, 5.41) is 8.42. The van der Waals surface area contributed by atoms with Gasteiger partial charge >= 0.3 is 5.97 Å². The predicted octanol–water partition coefficient (Wildman–Crippen LogP) is 4.16. The molecule has 0 aromatic heterocycles. The zero-order valence-corrected chi connectivity index (χ0v) is 9.87. The normalized spacial score (nSPS) is 11.0. The minimum absolute atomic E-state index is 0.310. The molecule has 0 unspecified atom stereocenters. The molecule has 0 atom stereocenters. The molecule has 0 aliphatic heterocycles. The van der Waals surface area contributed by atoms with Crippen molar-refractivity contribution >= 4 is 5.97 Å².